The lowest BCUT2D eigenvalue weighted by molar-refractivity contribution is 0.0925. The number of aliphatic hydroxyl groups excluding tert-OH is 1. The largest absolute Gasteiger partial charge is 0.398 e. The molecule has 1 aliphatic heterocycles. The summed E-state index contributed by atoms with van der Waals surface area (Å²) >= 11 is 0. The lowest BCUT2D eigenvalue weighted by Crippen LogP contribution is -2.40. The molecule has 4 heteroatoms. The monoisotopic (exact) mass is 263 g/mol. The van der Waals surface area contributed by atoms with Crippen LogP contribution in [0.15, 0.2) is 24.3 Å². The topological polar surface area (TPSA) is 52.7 Å². The molecule has 2 rings (SSSR count). The maximum absolute atomic E-state index is 10.4. The van der Waals surface area contributed by atoms with Crippen LogP contribution < -0.4 is 5.73 Å². The molecule has 0 spiro atoms. The molecule has 0 radical (unpaired) electrons. The minimum Gasteiger partial charge on any atom is -0.398 e. The average Bonchev–Trinajstić information content (AvgIpc) is 2.52. The Kier molecular flexibility index (Phi) is 4.80. The van der Waals surface area contributed by atoms with E-state index in [1.165, 1.54) is 0 Å². The molecular weight excluding hydrogens is 238 g/mol. The number of likely N-dealkylation sites (N-methyl/N-ethyl adjacent to an activating group) is 1. The van der Waals surface area contributed by atoms with E-state index >= 15 is 0 Å². The Morgan fingerprint density at radius 3 is 2.84 bits per heavy atom. The Hall–Kier alpha value is -1.10. The summed E-state index contributed by atoms with van der Waals surface area (Å²) in [5.74, 6) is 0. The third kappa shape index (κ3) is 3.69. The Balaban J connectivity index is 2.02. The number of nitrogens with zero attached hydrogens (tertiary/aromatic N) is 2. The van der Waals surface area contributed by atoms with Gasteiger partial charge in [-0.05, 0) is 39.5 Å². The van der Waals surface area contributed by atoms with E-state index in [-0.39, 0.29) is 0 Å². The predicted octanol–water partition coefficient (Wildman–Crippen LogP) is 1.33. The number of anilines is 1. The highest BCUT2D eigenvalue weighted by molar-refractivity contribution is 5.47. The van der Waals surface area contributed by atoms with Gasteiger partial charge in [-0.3, -0.25) is 4.90 Å². The Morgan fingerprint density at radius 1 is 1.37 bits per heavy atom. The van der Waals surface area contributed by atoms with Crippen molar-refractivity contribution >= 4 is 5.69 Å². The fraction of sp³-hybridized carbons (Fsp3) is 0.600. The van der Waals surface area contributed by atoms with Crippen LogP contribution in [-0.2, 0) is 0 Å². The van der Waals surface area contributed by atoms with E-state index in [9.17, 15) is 5.11 Å². The molecule has 2 unspecified atom stereocenters. The maximum Gasteiger partial charge on any atom is 0.0936 e. The van der Waals surface area contributed by atoms with Crippen LogP contribution in [0, 0.1) is 0 Å². The van der Waals surface area contributed by atoms with Crippen LogP contribution in [0.2, 0.25) is 0 Å². The summed E-state index contributed by atoms with van der Waals surface area (Å²) in [6.45, 7) is 6.10. The molecule has 0 bridgehead atoms. The average molecular weight is 263 g/mol. The Bertz CT molecular complexity index is 410. The summed E-state index contributed by atoms with van der Waals surface area (Å²) in [4.78, 5) is 4.72. The number of rotatable bonds is 3. The summed E-state index contributed by atoms with van der Waals surface area (Å²) in [5, 5.41) is 10.4. The van der Waals surface area contributed by atoms with Crippen LogP contribution in [0.1, 0.15) is 25.0 Å². The van der Waals surface area contributed by atoms with Gasteiger partial charge in [-0.25, -0.2) is 0 Å². The summed E-state index contributed by atoms with van der Waals surface area (Å²) < 4.78 is 0. The summed E-state index contributed by atoms with van der Waals surface area (Å²) in [6.07, 6.45) is 0.643. The standard InChI is InChI=1S/C15H25N3O/c1-12-10-17(2)8-5-9-18(12)11-15(19)13-6-3-4-7-14(13)16/h3-4,6-7,12,15,19H,5,8-11,16H2,1-2H3. The SMILES string of the molecule is CC1CN(C)CCCN1CC(O)c1ccccc1N. The van der Waals surface area contributed by atoms with Crippen molar-refractivity contribution in [2.24, 2.45) is 0 Å². The molecular formula is C15H25N3O. The first-order valence-corrected chi connectivity index (χ1v) is 7.03. The van der Waals surface area contributed by atoms with Crippen molar-refractivity contribution in [2.45, 2.75) is 25.5 Å². The molecule has 2 atom stereocenters. The van der Waals surface area contributed by atoms with Crippen LogP contribution in [0.3, 0.4) is 0 Å². The van der Waals surface area contributed by atoms with Crippen LogP contribution in [-0.4, -0.2) is 54.2 Å². The van der Waals surface area contributed by atoms with Crippen molar-refractivity contribution in [3.63, 3.8) is 0 Å². The van der Waals surface area contributed by atoms with E-state index < -0.39 is 6.10 Å². The molecule has 1 fully saturated rings. The molecule has 0 aromatic heterocycles. The van der Waals surface area contributed by atoms with Gasteiger partial charge in [0, 0.05) is 30.4 Å². The molecule has 0 saturated carbocycles. The van der Waals surface area contributed by atoms with E-state index in [0.717, 1.165) is 31.6 Å². The smallest absolute Gasteiger partial charge is 0.0936 e. The summed E-state index contributed by atoms with van der Waals surface area (Å²) in [7, 11) is 2.16. The second-order valence-corrected chi connectivity index (χ2v) is 5.60. The molecule has 0 aliphatic carbocycles. The third-order valence-electron chi connectivity index (χ3n) is 3.95. The highest BCUT2D eigenvalue weighted by Crippen LogP contribution is 2.22. The van der Waals surface area contributed by atoms with Gasteiger partial charge in [-0.2, -0.15) is 0 Å². The molecule has 1 aliphatic rings. The summed E-state index contributed by atoms with van der Waals surface area (Å²) in [5.41, 5.74) is 7.44. The van der Waals surface area contributed by atoms with Crippen molar-refractivity contribution in [3.8, 4) is 0 Å². The van der Waals surface area contributed by atoms with Crippen LogP contribution in [0.5, 0.6) is 0 Å². The van der Waals surface area contributed by atoms with Crippen molar-refractivity contribution in [1.82, 2.24) is 9.80 Å². The van der Waals surface area contributed by atoms with Gasteiger partial charge in [-0.1, -0.05) is 18.2 Å². The number of nitrogens with two attached hydrogens (primary N) is 1. The van der Waals surface area contributed by atoms with Crippen LogP contribution >= 0.6 is 0 Å². The number of benzene rings is 1. The molecule has 3 N–H and O–H groups in total. The van der Waals surface area contributed by atoms with Crippen molar-refractivity contribution in [1.29, 1.82) is 0 Å². The molecule has 1 aromatic carbocycles. The maximum atomic E-state index is 10.4. The van der Waals surface area contributed by atoms with Gasteiger partial charge in [0.15, 0.2) is 0 Å². The second kappa shape index (κ2) is 6.37. The van der Waals surface area contributed by atoms with Crippen molar-refractivity contribution in [2.75, 3.05) is 39.0 Å². The molecule has 4 nitrogen and oxygen atoms in total. The first kappa shape index (κ1) is 14.3. The number of hydrogen-bond acceptors (Lipinski definition) is 4. The van der Waals surface area contributed by atoms with E-state index in [4.69, 9.17) is 5.73 Å². The minimum atomic E-state index is -0.507. The van der Waals surface area contributed by atoms with Gasteiger partial charge >= 0.3 is 0 Å². The van der Waals surface area contributed by atoms with E-state index in [2.05, 4.69) is 23.8 Å². The Labute approximate surface area is 115 Å². The van der Waals surface area contributed by atoms with E-state index in [1.807, 2.05) is 24.3 Å². The highest BCUT2D eigenvalue weighted by Gasteiger charge is 2.22. The van der Waals surface area contributed by atoms with Gasteiger partial charge in [0.1, 0.15) is 0 Å². The zero-order valence-electron chi connectivity index (χ0n) is 11.9. The second-order valence-electron chi connectivity index (χ2n) is 5.60. The van der Waals surface area contributed by atoms with Crippen molar-refractivity contribution in [3.05, 3.63) is 29.8 Å². The lowest BCUT2D eigenvalue weighted by atomic mass is 10.1. The third-order valence-corrected chi connectivity index (χ3v) is 3.95. The van der Waals surface area contributed by atoms with Crippen LogP contribution in [0.25, 0.3) is 0 Å². The quantitative estimate of drug-likeness (QED) is 0.808. The highest BCUT2D eigenvalue weighted by atomic mass is 16.3. The molecule has 1 saturated heterocycles. The van der Waals surface area contributed by atoms with E-state index in [1.54, 1.807) is 0 Å². The number of β-amino-alcohol motifs (C(OH)–C–C–N with tert-alkyl or cyclic N) is 1. The van der Waals surface area contributed by atoms with Gasteiger partial charge in [0.05, 0.1) is 6.10 Å². The number of aliphatic hydroxyl groups is 1. The van der Waals surface area contributed by atoms with Gasteiger partial charge in [-0.15, -0.1) is 0 Å². The normalized spacial score (nSPS) is 24.1. The van der Waals surface area contributed by atoms with Gasteiger partial charge in [0.2, 0.25) is 0 Å². The van der Waals surface area contributed by atoms with Crippen LogP contribution in [0.4, 0.5) is 5.69 Å². The minimum absolute atomic E-state index is 0.465. The fourth-order valence-corrected chi connectivity index (χ4v) is 2.83. The number of hydrogen-bond donors (Lipinski definition) is 2. The van der Waals surface area contributed by atoms with Gasteiger partial charge in [0.25, 0.3) is 0 Å². The predicted molar refractivity (Wildman–Crippen MR) is 79.0 cm³/mol. The number of nitrogen functional groups attached to an aromatic ring is 1. The molecule has 0 amide bonds. The zero-order chi connectivity index (χ0) is 13.8. The lowest BCUT2D eigenvalue weighted by Gasteiger charge is -2.30. The molecule has 1 heterocycles. The zero-order valence-corrected chi connectivity index (χ0v) is 11.9. The molecule has 106 valence electrons. The fourth-order valence-electron chi connectivity index (χ4n) is 2.83. The van der Waals surface area contributed by atoms with E-state index in [0.29, 0.717) is 18.3 Å². The van der Waals surface area contributed by atoms with Crippen molar-refractivity contribution < 1.29 is 5.11 Å². The first-order valence-electron chi connectivity index (χ1n) is 7.03. The summed E-state index contributed by atoms with van der Waals surface area (Å²) in [6, 6.07) is 8.04. The number of para-hydroxylation sites is 1. The molecule has 1 aromatic rings. The Morgan fingerprint density at radius 2 is 2.11 bits per heavy atom. The first-order chi connectivity index (χ1) is 9.08. The molecule has 19 heavy (non-hydrogen) atoms. The van der Waals surface area contributed by atoms with Gasteiger partial charge < -0.3 is 15.7 Å².